The van der Waals surface area contributed by atoms with Crippen molar-refractivity contribution < 1.29 is 22.7 Å². The first-order chi connectivity index (χ1) is 14.1. The first-order valence-electron chi connectivity index (χ1n) is 8.36. The van der Waals surface area contributed by atoms with Crippen LogP contribution in [0.1, 0.15) is 16.2 Å². The Bertz CT molecular complexity index is 1270. The first-order valence-corrected chi connectivity index (χ1v) is 9.75. The number of carbonyl (C=O) groups is 1. The van der Waals surface area contributed by atoms with Gasteiger partial charge in [0.2, 0.25) is 0 Å². The topological polar surface area (TPSA) is 162 Å². The van der Waals surface area contributed by atoms with Crippen LogP contribution in [-0.2, 0) is 16.7 Å². The molecule has 2 N–H and O–H groups in total. The summed E-state index contributed by atoms with van der Waals surface area (Å²) in [5.74, 6) is -1.21. The van der Waals surface area contributed by atoms with Gasteiger partial charge in [-0.2, -0.15) is 12.4 Å². The molecular weight excluding hydrogens is 416 g/mol. The van der Waals surface area contributed by atoms with Gasteiger partial charge in [0, 0.05) is 29.4 Å². The Balaban J connectivity index is 1.99. The SMILES string of the molecule is O=C(Cc1nc(Nc2ccccc2)cc(=O)n1S(=O)(=O)O)c1ccc([N+](=O)[O-])cc1. The zero-order chi connectivity index (χ0) is 21.9. The van der Waals surface area contributed by atoms with E-state index in [0.717, 1.165) is 18.2 Å². The Kier molecular flexibility index (Phi) is 5.71. The van der Waals surface area contributed by atoms with Gasteiger partial charge in [0.25, 0.3) is 11.2 Å². The second kappa shape index (κ2) is 8.23. The monoisotopic (exact) mass is 430 g/mol. The van der Waals surface area contributed by atoms with E-state index in [0.29, 0.717) is 5.69 Å². The number of benzene rings is 2. The van der Waals surface area contributed by atoms with Crippen LogP contribution in [0.5, 0.6) is 0 Å². The predicted molar refractivity (Wildman–Crippen MR) is 106 cm³/mol. The number of Topliss-reactive ketones (excluding diaryl/α,β-unsaturated/α-hetero) is 1. The fourth-order valence-electron chi connectivity index (χ4n) is 2.63. The zero-order valence-corrected chi connectivity index (χ0v) is 15.9. The van der Waals surface area contributed by atoms with E-state index < -0.39 is 38.8 Å². The first kappa shape index (κ1) is 20.8. The average molecular weight is 430 g/mol. The van der Waals surface area contributed by atoms with Crippen molar-refractivity contribution >= 4 is 33.3 Å². The molecule has 2 aromatic carbocycles. The number of hydrogen-bond acceptors (Lipinski definition) is 8. The number of para-hydroxylation sites is 1. The maximum atomic E-state index is 12.5. The van der Waals surface area contributed by atoms with E-state index in [-0.39, 0.29) is 21.0 Å². The van der Waals surface area contributed by atoms with Crippen LogP contribution in [0.15, 0.2) is 65.5 Å². The normalized spacial score (nSPS) is 11.1. The molecule has 0 saturated carbocycles. The fourth-order valence-corrected chi connectivity index (χ4v) is 3.28. The van der Waals surface area contributed by atoms with Gasteiger partial charge in [0.1, 0.15) is 11.6 Å². The lowest BCUT2D eigenvalue weighted by Gasteiger charge is -2.12. The minimum absolute atomic E-state index is 0.0203. The molecular formula is C18H14N4O7S. The summed E-state index contributed by atoms with van der Waals surface area (Å²) in [7, 11) is -5.03. The zero-order valence-electron chi connectivity index (χ0n) is 15.1. The summed E-state index contributed by atoms with van der Waals surface area (Å²) in [4.78, 5) is 38.9. The maximum absolute atomic E-state index is 12.5. The molecule has 0 bridgehead atoms. The summed E-state index contributed by atoms with van der Waals surface area (Å²) in [5.41, 5.74) is -0.745. The minimum Gasteiger partial charge on any atom is -0.340 e. The number of ketones is 1. The van der Waals surface area contributed by atoms with Gasteiger partial charge in [-0.05, 0) is 24.3 Å². The summed E-state index contributed by atoms with van der Waals surface area (Å²) in [6.07, 6.45) is -0.656. The molecule has 0 aliphatic rings. The van der Waals surface area contributed by atoms with Crippen molar-refractivity contribution in [2.24, 2.45) is 0 Å². The summed E-state index contributed by atoms with van der Waals surface area (Å²) < 4.78 is 32.7. The van der Waals surface area contributed by atoms with Gasteiger partial charge in [-0.1, -0.05) is 18.2 Å². The van der Waals surface area contributed by atoms with Gasteiger partial charge in [-0.3, -0.25) is 24.3 Å². The summed E-state index contributed by atoms with van der Waals surface area (Å²) in [6.45, 7) is 0. The smallest absolute Gasteiger partial charge is 0.340 e. The number of rotatable bonds is 7. The third-order valence-electron chi connectivity index (χ3n) is 3.94. The molecule has 0 amide bonds. The lowest BCUT2D eigenvalue weighted by Crippen LogP contribution is -2.32. The van der Waals surface area contributed by atoms with E-state index in [1.807, 2.05) is 0 Å². The standard InChI is InChI=1S/C18H14N4O7S/c23-15(12-6-8-14(9-7-12)22(25)26)10-17-20-16(19-13-4-2-1-3-5-13)11-18(24)21(17)30(27,28)29/h1-9,11,19H,10H2,(H,27,28,29). The molecule has 1 aromatic heterocycles. The van der Waals surface area contributed by atoms with Crippen molar-refractivity contribution in [3.63, 3.8) is 0 Å². The van der Waals surface area contributed by atoms with Gasteiger partial charge < -0.3 is 5.32 Å². The second-order valence-electron chi connectivity index (χ2n) is 6.03. The van der Waals surface area contributed by atoms with Crippen LogP contribution in [0, 0.1) is 10.1 Å². The quantitative estimate of drug-likeness (QED) is 0.247. The van der Waals surface area contributed by atoms with Crippen molar-refractivity contribution in [2.45, 2.75) is 6.42 Å². The minimum atomic E-state index is -5.03. The Morgan fingerprint density at radius 3 is 2.33 bits per heavy atom. The van der Waals surface area contributed by atoms with Gasteiger partial charge in [0.15, 0.2) is 5.78 Å². The van der Waals surface area contributed by atoms with Crippen LogP contribution in [0.3, 0.4) is 0 Å². The molecule has 0 saturated heterocycles. The number of nitro benzene ring substituents is 1. The van der Waals surface area contributed by atoms with E-state index in [9.17, 15) is 32.7 Å². The van der Waals surface area contributed by atoms with Crippen molar-refractivity contribution in [2.75, 3.05) is 5.32 Å². The van der Waals surface area contributed by atoms with E-state index >= 15 is 0 Å². The summed E-state index contributed by atoms with van der Waals surface area (Å²) >= 11 is 0. The number of nitro groups is 1. The number of anilines is 2. The fraction of sp³-hybridized carbons (Fsp3) is 0.0556. The molecule has 0 fully saturated rings. The predicted octanol–water partition coefficient (Wildman–Crippen LogP) is 1.97. The Morgan fingerprint density at radius 1 is 1.13 bits per heavy atom. The summed E-state index contributed by atoms with van der Waals surface area (Å²) in [6, 6.07) is 14.1. The second-order valence-corrected chi connectivity index (χ2v) is 7.29. The molecule has 154 valence electrons. The van der Waals surface area contributed by atoms with Crippen LogP contribution < -0.4 is 10.9 Å². The molecule has 0 unspecified atom stereocenters. The van der Waals surface area contributed by atoms with Crippen molar-refractivity contribution in [3.8, 4) is 0 Å². The molecule has 3 aromatic rings. The largest absolute Gasteiger partial charge is 0.367 e. The Hall–Kier alpha value is -3.90. The van der Waals surface area contributed by atoms with Crippen molar-refractivity contribution in [1.29, 1.82) is 0 Å². The molecule has 0 aliphatic heterocycles. The maximum Gasteiger partial charge on any atom is 0.367 e. The lowest BCUT2D eigenvalue weighted by atomic mass is 10.1. The third kappa shape index (κ3) is 4.74. The van der Waals surface area contributed by atoms with Gasteiger partial charge in [0.05, 0.1) is 11.3 Å². The number of hydrogen-bond donors (Lipinski definition) is 2. The van der Waals surface area contributed by atoms with Gasteiger partial charge >= 0.3 is 10.3 Å². The molecule has 0 spiro atoms. The number of aromatic nitrogens is 2. The Labute approximate surface area is 169 Å². The Morgan fingerprint density at radius 2 is 1.77 bits per heavy atom. The van der Waals surface area contributed by atoms with E-state index in [2.05, 4.69) is 10.3 Å². The van der Waals surface area contributed by atoms with Crippen LogP contribution in [0.4, 0.5) is 17.2 Å². The number of nitrogens with zero attached hydrogens (tertiary/aromatic N) is 3. The molecule has 3 rings (SSSR count). The van der Waals surface area contributed by atoms with Crippen molar-refractivity contribution in [1.82, 2.24) is 8.96 Å². The number of non-ortho nitro benzene ring substituents is 1. The van der Waals surface area contributed by atoms with Crippen molar-refractivity contribution in [3.05, 3.63) is 92.5 Å². The molecule has 12 heteroatoms. The number of nitrogens with one attached hydrogen (secondary N) is 1. The lowest BCUT2D eigenvalue weighted by molar-refractivity contribution is -0.384. The van der Waals surface area contributed by atoms with Crippen LogP contribution in [0.2, 0.25) is 0 Å². The third-order valence-corrected chi connectivity index (χ3v) is 4.79. The molecule has 11 nitrogen and oxygen atoms in total. The molecule has 0 atom stereocenters. The highest BCUT2D eigenvalue weighted by atomic mass is 32.2. The van der Waals surface area contributed by atoms with E-state index in [4.69, 9.17) is 0 Å². The highest BCUT2D eigenvalue weighted by Crippen LogP contribution is 2.16. The van der Waals surface area contributed by atoms with E-state index in [1.54, 1.807) is 30.3 Å². The van der Waals surface area contributed by atoms with Crippen LogP contribution in [-0.4, -0.2) is 32.6 Å². The molecule has 0 radical (unpaired) electrons. The van der Waals surface area contributed by atoms with Gasteiger partial charge in [-0.15, -0.1) is 0 Å². The molecule has 0 aliphatic carbocycles. The molecule has 1 heterocycles. The van der Waals surface area contributed by atoms with Gasteiger partial charge in [-0.25, -0.2) is 4.98 Å². The average Bonchev–Trinajstić information content (AvgIpc) is 2.67. The summed E-state index contributed by atoms with van der Waals surface area (Å²) in [5, 5.41) is 13.5. The van der Waals surface area contributed by atoms with Crippen LogP contribution in [0.25, 0.3) is 0 Å². The highest BCUT2D eigenvalue weighted by molar-refractivity contribution is 7.84. The van der Waals surface area contributed by atoms with E-state index in [1.165, 1.54) is 12.1 Å². The highest BCUT2D eigenvalue weighted by Gasteiger charge is 2.22. The number of carbonyl (C=O) groups excluding carboxylic acids is 1. The molecule has 30 heavy (non-hydrogen) atoms. The van der Waals surface area contributed by atoms with Crippen LogP contribution >= 0.6 is 0 Å².